The second-order valence-corrected chi connectivity index (χ2v) is 7.68. The number of imidazole rings is 1. The van der Waals surface area contributed by atoms with Gasteiger partial charge in [-0.2, -0.15) is 0 Å². The average molecular weight is 390 g/mol. The first-order chi connectivity index (χ1) is 14.0. The Morgan fingerprint density at radius 1 is 1.24 bits per heavy atom. The molecule has 0 radical (unpaired) electrons. The van der Waals surface area contributed by atoms with Crippen LogP contribution in [0.15, 0.2) is 54.9 Å². The maximum absolute atomic E-state index is 12.8. The highest BCUT2D eigenvalue weighted by atomic mass is 16.5. The smallest absolute Gasteiger partial charge is 0.255 e. The van der Waals surface area contributed by atoms with Crippen molar-refractivity contribution in [3.05, 3.63) is 71.8 Å². The summed E-state index contributed by atoms with van der Waals surface area (Å²) in [5, 5.41) is 3.01. The van der Waals surface area contributed by atoms with Crippen molar-refractivity contribution < 1.29 is 9.53 Å². The first kappa shape index (κ1) is 19.1. The first-order valence-corrected chi connectivity index (χ1v) is 9.90. The molecule has 3 aromatic rings. The molecule has 1 amide bonds. The molecule has 0 aliphatic carbocycles. The summed E-state index contributed by atoms with van der Waals surface area (Å²) in [6.45, 7) is 6.47. The summed E-state index contributed by atoms with van der Waals surface area (Å²) in [5.41, 5.74) is 3.45. The van der Waals surface area contributed by atoms with Crippen molar-refractivity contribution in [1.29, 1.82) is 0 Å². The van der Waals surface area contributed by atoms with Gasteiger partial charge in [-0.15, -0.1) is 0 Å². The Kier molecular flexibility index (Phi) is 5.25. The number of ether oxygens (including phenoxy) is 1. The minimum atomic E-state index is -0.130. The molecule has 6 heteroatoms. The van der Waals surface area contributed by atoms with E-state index in [9.17, 15) is 4.79 Å². The van der Waals surface area contributed by atoms with Crippen LogP contribution in [-0.2, 0) is 6.54 Å². The van der Waals surface area contributed by atoms with Crippen LogP contribution >= 0.6 is 0 Å². The number of anilines is 2. The number of carbonyl (C=O) groups excluding carboxylic acids is 1. The predicted molar refractivity (Wildman–Crippen MR) is 115 cm³/mol. The Balaban J connectivity index is 1.50. The lowest BCUT2D eigenvalue weighted by Crippen LogP contribution is -2.29. The number of nitrogens with one attached hydrogen (secondary N) is 1. The van der Waals surface area contributed by atoms with E-state index >= 15 is 0 Å². The van der Waals surface area contributed by atoms with Crippen LogP contribution in [0.4, 0.5) is 11.4 Å². The van der Waals surface area contributed by atoms with E-state index in [0.717, 1.165) is 41.6 Å². The summed E-state index contributed by atoms with van der Waals surface area (Å²) in [7, 11) is 2.01. The van der Waals surface area contributed by atoms with Gasteiger partial charge in [-0.3, -0.25) is 4.79 Å². The van der Waals surface area contributed by atoms with Gasteiger partial charge >= 0.3 is 0 Å². The number of nitrogens with zero attached hydrogens (tertiary/aromatic N) is 3. The van der Waals surface area contributed by atoms with Crippen molar-refractivity contribution in [2.24, 2.45) is 0 Å². The third-order valence-corrected chi connectivity index (χ3v) is 5.12. The Morgan fingerprint density at radius 2 is 2.10 bits per heavy atom. The molecule has 0 atom stereocenters. The summed E-state index contributed by atoms with van der Waals surface area (Å²) in [4.78, 5) is 19.3. The van der Waals surface area contributed by atoms with Gasteiger partial charge in [0.15, 0.2) is 0 Å². The van der Waals surface area contributed by atoms with E-state index in [4.69, 9.17) is 4.74 Å². The maximum atomic E-state index is 12.8. The fourth-order valence-corrected chi connectivity index (χ4v) is 3.59. The molecule has 1 aromatic heterocycles. The van der Waals surface area contributed by atoms with Crippen molar-refractivity contribution in [2.45, 2.75) is 26.3 Å². The molecule has 1 aliphatic rings. The van der Waals surface area contributed by atoms with Gasteiger partial charge in [0.1, 0.15) is 18.2 Å². The molecular formula is C23H26N4O2. The Bertz CT molecular complexity index is 1030. The van der Waals surface area contributed by atoms with E-state index < -0.39 is 0 Å². The van der Waals surface area contributed by atoms with Gasteiger partial charge < -0.3 is 19.5 Å². The number of rotatable bonds is 5. The van der Waals surface area contributed by atoms with Crippen molar-refractivity contribution in [1.82, 2.24) is 9.55 Å². The molecular weight excluding hydrogens is 364 g/mol. The van der Waals surface area contributed by atoms with Crippen molar-refractivity contribution >= 4 is 17.3 Å². The summed E-state index contributed by atoms with van der Waals surface area (Å²) in [6.07, 6.45) is 3.82. The summed E-state index contributed by atoms with van der Waals surface area (Å²) in [6, 6.07) is 13.5. The monoisotopic (exact) mass is 390 g/mol. The summed E-state index contributed by atoms with van der Waals surface area (Å²) < 4.78 is 7.80. The molecule has 0 spiro atoms. The number of benzene rings is 2. The largest absolute Gasteiger partial charge is 0.490 e. The van der Waals surface area contributed by atoms with Crippen LogP contribution in [0.5, 0.6) is 5.75 Å². The van der Waals surface area contributed by atoms with Gasteiger partial charge in [-0.1, -0.05) is 26.0 Å². The number of likely N-dealkylation sites (N-methyl/N-ethyl adjacent to an activating group) is 1. The summed E-state index contributed by atoms with van der Waals surface area (Å²) in [5.74, 6) is 2.10. The van der Waals surface area contributed by atoms with Crippen LogP contribution in [0.2, 0.25) is 0 Å². The average Bonchev–Trinajstić information content (AvgIpc) is 3.17. The van der Waals surface area contributed by atoms with Crippen LogP contribution in [0.25, 0.3) is 0 Å². The van der Waals surface area contributed by atoms with Gasteiger partial charge in [0, 0.05) is 43.2 Å². The number of fused-ring (bicyclic) bond motifs is 1. The highest BCUT2D eigenvalue weighted by Gasteiger charge is 2.17. The number of aromatic nitrogens is 2. The van der Waals surface area contributed by atoms with Gasteiger partial charge in [0.25, 0.3) is 5.91 Å². The van der Waals surface area contributed by atoms with Crippen LogP contribution in [0.3, 0.4) is 0 Å². The first-order valence-electron chi connectivity index (χ1n) is 9.90. The van der Waals surface area contributed by atoms with Crippen LogP contribution in [-0.4, -0.2) is 35.7 Å². The molecule has 1 aliphatic heterocycles. The standard InChI is InChI=1S/C23H26N4O2/c1-16(2)22-24-9-10-27(22)15-17-5-4-6-19(13-17)25-23(28)18-7-8-21-20(14-18)26(3)11-12-29-21/h4-10,13-14,16H,11-12,15H2,1-3H3,(H,25,28). The van der Waals surface area contributed by atoms with Crippen LogP contribution in [0, 0.1) is 0 Å². The SMILES string of the molecule is CC(C)c1nccn1Cc1cccc(NC(=O)c2ccc3c(c2)N(C)CCO3)c1. The predicted octanol–water partition coefficient (Wildman–Crippen LogP) is 4.14. The van der Waals surface area contributed by atoms with Crippen molar-refractivity contribution in [2.75, 3.05) is 30.4 Å². The van der Waals surface area contributed by atoms with Gasteiger partial charge in [-0.25, -0.2) is 4.98 Å². The second-order valence-electron chi connectivity index (χ2n) is 7.68. The van der Waals surface area contributed by atoms with E-state index in [1.165, 1.54) is 0 Å². The van der Waals surface area contributed by atoms with Gasteiger partial charge in [0.2, 0.25) is 0 Å². The fourth-order valence-electron chi connectivity index (χ4n) is 3.59. The molecule has 0 bridgehead atoms. The number of carbonyl (C=O) groups is 1. The van der Waals surface area contributed by atoms with E-state index in [2.05, 4.69) is 39.7 Å². The minimum absolute atomic E-state index is 0.130. The fraction of sp³-hybridized carbons (Fsp3) is 0.304. The van der Waals surface area contributed by atoms with Gasteiger partial charge in [-0.05, 0) is 35.9 Å². The third kappa shape index (κ3) is 4.11. The Morgan fingerprint density at radius 3 is 2.93 bits per heavy atom. The Hall–Kier alpha value is -3.28. The molecule has 6 nitrogen and oxygen atoms in total. The Labute approximate surface area is 171 Å². The zero-order valence-corrected chi connectivity index (χ0v) is 17.1. The van der Waals surface area contributed by atoms with Crippen LogP contribution in [0.1, 0.15) is 41.5 Å². The zero-order valence-electron chi connectivity index (χ0n) is 17.1. The van der Waals surface area contributed by atoms with Crippen molar-refractivity contribution in [3.63, 3.8) is 0 Å². The highest BCUT2D eigenvalue weighted by Crippen LogP contribution is 2.31. The topological polar surface area (TPSA) is 59.4 Å². The molecule has 2 aromatic carbocycles. The zero-order chi connectivity index (χ0) is 20.4. The van der Waals surface area contributed by atoms with E-state index in [0.29, 0.717) is 18.1 Å². The molecule has 0 unspecified atom stereocenters. The molecule has 29 heavy (non-hydrogen) atoms. The van der Waals surface area contributed by atoms with Gasteiger partial charge in [0.05, 0.1) is 12.2 Å². The molecule has 0 saturated heterocycles. The normalized spacial score (nSPS) is 13.2. The molecule has 4 rings (SSSR count). The maximum Gasteiger partial charge on any atom is 0.255 e. The lowest BCUT2D eigenvalue weighted by Gasteiger charge is -2.27. The quantitative estimate of drug-likeness (QED) is 0.711. The van der Waals surface area contributed by atoms with E-state index in [-0.39, 0.29) is 5.91 Å². The molecule has 1 N–H and O–H groups in total. The molecule has 0 saturated carbocycles. The third-order valence-electron chi connectivity index (χ3n) is 5.12. The summed E-state index contributed by atoms with van der Waals surface area (Å²) >= 11 is 0. The minimum Gasteiger partial charge on any atom is -0.490 e. The molecule has 2 heterocycles. The van der Waals surface area contributed by atoms with Crippen LogP contribution < -0.4 is 15.0 Å². The lowest BCUT2D eigenvalue weighted by atomic mass is 10.1. The van der Waals surface area contributed by atoms with Crippen molar-refractivity contribution in [3.8, 4) is 5.75 Å². The number of amides is 1. The molecule has 0 fully saturated rings. The number of hydrogen-bond acceptors (Lipinski definition) is 4. The second kappa shape index (κ2) is 7.99. The number of hydrogen-bond donors (Lipinski definition) is 1. The lowest BCUT2D eigenvalue weighted by molar-refractivity contribution is 0.102. The molecule has 150 valence electrons. The van der Waals surface area contributed by atoms with E-state index in [1.807, 2.05) is 49.8 Å². The van der Waals surface area contributed by atoms with E-state index in [1.54, 1.807) is 6.07 Å². The highest BCUT2D eigenvalue weighted by molar-refractivity contribution is 6.05.